The molecular formula is C25H29FN2O4. The Labute approximate surface area is 187 Å². The Hall–Kier alpha value is -3.19. The standard InChI is InChI=1S/C25H29FN2O4/c1-5-27(6-2)13-14-28-22(17-8-10-18(26)11-9-17)21(24(30)25(28)31)23(29)19-15-16(3)7-12-20(19)32-4/h7-12,15,22,29H,5-6,13-14H2,1-4H3/b23-21+. The lowest BCUT2D eigenvalue weighted by molar-refractivity contribution is -0.140. The molecule has 0 bridgehead atoms. The van der Waals surface area contributed by atoms with E-state index in [4.69, 9.17) is 4.74 Å². The number of aliphatic hydroxyl groups excluding tert-OH is 1. The molecule has 170 valence electrons. The summed E-state index contributed by atoms with van der Waals surface area (Å²) in [4.78, 5) is 29.7. The molecule has 1 unspecified atom stereocenters. The number of aliphatic hydroxyl groups is 1. The fraction of sp³-hybridized carbons (Fsp3) is 0.360. The van der Waals surface area contributed by atoms with Gasteiger partial charge in [0.1, 0.15) is 17.3 Å². The number of ketones is 1. The van der Waals surface area contributed by atoms with Crippen molar-refractivity contribution in [3.8, 4) is 5.75 Å². The van der Waals surface area contributed by atoms with Crippen LogP contribution in [0.4, 0.5) is 4.39 Å². The van der Waals surface area contributed by atoms with E-state index in [-0.39, 0.29) is 11.3 Å². The lowest BCUT2D eigenvalue weighted by Gasteiger charge is -2.28. The number of likely N-dealkylation sites (N-methyl/N-ethyl adjacent to an activating group) is 1. The predicted octanol–water partition coefficient (Wildman–Crippen LogP) is 3.91. The van der Waals surface area contributed by atoms with Crippen LogP contribution in [-0.4, -0.2) is 59.9 Å². The molecular weight excluding hydrogens is 411 g/mol. The Kier molecular flexibility index (Phi) is 7.30. The van der Waals surface area contributed by atoms with E-state index in [9.17, 15) is 19.1 Å². The molecule has 0 saturated carbocycles. The monoisotopic (exact) mass is 440 g/mol. The normalized spacial score (nSPS) is 17.9. The highest BCUT2D eigenvalue weighted by Crippen LogP contribution is 2.41. The second-order valence-corrected chi connectivity index (χ2v) is 7.77. The van der Waals surface area contributed by atoms with Crippen LogP contribution in [-0.2, 0) is 9.59 Å². The van der Waals surface area contributed by atoms with Gasteiger partial charge in [-0.3, -0.25) is 9.59 Å². The first-order valence-electron chi connectivity index (χ1n) is 10.7. The number of rotatable bonds is 8. The molecule has 1 amide bonds. The van der Waals surface area contributed by atoms with E-state index < -0.39 is 23.5 Å². The number of methoxy groups -OCH3 is 1. The van der Waals surface area contributed by atoms with Crippen molar-refractivity contribution in [2.45, 2.75) is 26.8 Å². The van der Waals surface area contributed by atoms with Crippen molar-refractivity contribution < 1.29 is 23.8 Å². The summed E-state index contributed by atoms with van der Waals surface area (Å²) in [6.45, 7) is 8.40. The highest BCUT2D eigenvalue weighted by molar-refractivity contribution is 6.46. The van der Waals surface area contributed by atoms with Gasteiger partial charge >= 0.3 is 0 Å². The third-order valence-electron chi connectivity index (χ3n) is 5.89. The summed E-state index contributed by atoms with van der Waals surface area (Å²) >= 11 is 0. The third-order valence-corrected chi connectivity index (χ3v) is 5.89. The van der Waals surface area contributed by atoms with Gasteiger partial charge < -0.3 is 19.6 Å². The van der Waals surface area contributed by atoms with Gasteiger partial charge in [-0.1, -0.05) is 37.6 Å². The molecule has 1 atom stereocenters. The zero-order chi connectivity index (χ0) is 23.4. The minimum atomic E-state index is -0.823. The molecule has 7 heteroatoms. The molecule has 1 N–H and O–H groups in total. The van der Waals surface area contributed by atoms with E-state index in [2.05, 4.69) is 4.90 Å². The SMILES string of the molecule is CCN(CC)CCN1C(=O)C(=O)/C(=C(/O)c2cc(C)ccc2OC)C1c1ccc(F)cc1. The second kappa shape index (κ2) is 9.96. The van der Waals surface area contributed by atoms with Crippen molar-refractivity contribution in [1.82, 2.24) is 9.80 Å². The van der Waals surface area contributed by atoms with Crippen LogP contribution >= 0.6 is 0 Å². The first kappa shape index (κ1) is 23.5. The summed E-state index contributed by atoms with van der Waals surface area (Å²) in [5, 5.41) is 11.2. The number of hydrogen-bond donors (Lipinski definition) is 1. The number of aryl methyl sites for hydroxylation is 1. The summed E-state index contributed by atoms with van der Waals surface area (Å²) in [5.41, 5.74) is 1.73. The third kappa shape index (κ3) is 4.53. The van der Waals surface area contributed by atoms with Crippen molar-refractivity contribution in [2.75, 3.05) is 33.3 Å². The fourth-order valence-electron chi connectivity index (χ4n) is 4.04. The van der Waals surface area contributed by atoms with Gasteiger partial charge in [0, 0.05) is 13.1 Å². The maximum Gasteiger partial charge on any atom is 0.295 e. The molecule has 0 radical (unpaired) electrons. The maximum atomic E-state index is 13.6. The molecule has 1 saturated heterocycles. The van der Waals surface area contributed by atoms with Crippen LogP contribution in [0.5, 0.6) is 5.75 Å². The molecule has 1 heterocycles. The highest BCUT2D eigenvalue weighted by atomic mass is 19.1. The van der Waals surface area contributed by atoms with Crippen molar-refractivity contribution in [1.29, 1.82) is 0 Å². The Morgan fingerprint density at radius 2 is 1.78 bits per heavy atom. The molecule has 1 aliphatic rings. The van der Waals surface area contributed by atoms with Crippen molar-refractivity contribution in [3.05, 3.63) is 70.5 Å². The summed E-state index contributed by atoms with van der Waals surface area (Å²) < 4.78 is 19.0. The zero-order valence-electron chi connectivity index (χ0n) is 18.9. The Morgan fingerprint density at radius 3 is 2.38 bits per heavy atom. The minimum absolute atomic E-state index is 0.0231. The van der Waals surface area contributed by atoms with Crippen molar-refractivity contribution >= 4 is 17.4 Å². The zero-order valence-corrected chi connectivity index (χ0v) is 18.9. The number of benzene rings is 2. The smallest absolute Gasteiger partial charge is 0.295 e. The van der Waals surface area contributed by atoms with Crippen LogP contribution in [0.2, 0.25) is 0 Å². The van der Waals surface area contributed by atoms with Crippen molar-refractivity contribution in [2.24, 2.45) is 0 Å². The molecule has 1 fully saturated rings. The van der Waals surface area contributed by atoms with Crippen LogP contribution in [0.3, 0.4) is 0 Å². The number of carbonyl (C=O) groups excluding carboxylic acids is 2. The Bertz CT molecular complexity index is 1030. The largest absolute Gasteiger partial charge is 0.507 e. The lowest BCUT2D eigenvalue weighted by Crippen LogP contribution is -2.38. The molecule has 0 aliphatic carbocycles. The van der Waals surface area contributed by atoms with Gasteiger partial charge in [-0.25, -0.2) is 4.39 Å². The van der Waals surface area contributed by atoms with Crippen molar-refractivity contribution in [3.63, 3.8) is 0 Å². The van der Waals surface area contributed by atoms with Gasteiger partial charge in [-0.15, -0.1) is 0 Å². The number of nitrogens with zero attached hydrogens (tertiary/aromatic N) is 2. The van der Waals surface area contributed by atoms with Crippen LogP contribution in [0.25, 0.3) is 5.76 Å². The molecule has 6 nitrogen and oxygen atoms in total. The molecule has 2 aromatic carbocycles. The molecule has 32 heavy (non-hydrogen) atoms. The Morgan fingerprint density at radius 1 is 1.12 bits per heavy atom. The number of hydrogen-bond acceptors (Lipinski definition) is 5. The maximum absolute atomic E-state index is 13.6. The Balaban J connectivity index is 2.15. The van der Waals surface area contributed by atoms with Crippen LogP contribution in [0.15, 0.2) is 48.0 Å². The minimum Gasteiger partial charge on any atom is -0.507 e. The topological polar surface area (TPSA) is 70.1 Å². The predicted molar refractivity (Wildman–Crippen MR) is 121 cm³/mol. The number of ether oxygens (including phenoxy) is 1. The van der Waals surface area contributed by atoms with Gasteiger partial charge in [-0.05, 0) is 49.8 Å². The van der Waals surface area contributed by atoms with Gasteiger partial charge in [0.15, 0.2) is 0 Å². The number of carbonyl (C=O) groups is 2. The summed E-state index contributed by atoms with van der Waals surface area (Å²) in [5.74, 6) is -1.78. The summed E-state index contributed by atoms with van der Waals surface area (Å²) in [6, 6.07) is 10.1. The van der Waals surface area contributed by atoms with E-state index in [1.165, 1.54) is 36.3 Å². The lowest BCUT2D eigenvalue weighted by atomic mass is 9.94. The first-order chi connectivity index (χ1) is 15.3. The number of amides is 1. The average Bonchev–Trinajstić information content (AvgIpc) is 3.04. The van der Waals surface area contributed by atoms with Crippen LogP contribution < -0.4 is 4.74 Å². The van der Waals surface area contributed by atoms with Gasteiger partial charge in [-0.2, -0.15) is 0 Å². The van der Waals surface area contributed by atoms with E-state index >= 15 is 0 Å². The first-order valence-corrected chi connectivity index (χ1v) is 10.7. The van der Waals surface area contributed by atoms with Crippen LogP contribution in [0, 0.1) is 12.7 Å². The van der Waals surface area contributed by atoms with E-state index in [1.807, 2.05) is 26.8 Å². The molecule has 2 aromatic rings. The molecule has 3 rings (SSSR count). The van der Waals surface area contributed by atoms with Gasteiger partial charge in [0.05, 0.1) is 24.3 Å². The summed E-state index contributed by atoms with van der Waals surface area (Å²) in [6.07, 6.45) is 0. The fourth-order valence-corrected chi connectivity index (χ4v) is 4.04. The second-order valence-electron chi connectivity index (χ2n) is 7.77. The van der Waals surface area contributed by atoms with Gasteiger partial charge in [0.2, 0.25) is 0 Å². The molecule has 1 aliphatic heterocycles. The quantitative estimate of drug-likeness (QED) is 0.383. The number of Topliss-reactive ketones (excluding diaryl/α,β-unsaturated/α-hetero) is 1. The molecule has 0 aromatic heterocycles. The average molecular weight is 441 g/mol. The highest BCUT2D eigenvalue weighted by Gasteiger charge is 2.46. The van der Waals surface area contributed by atoms with E-state index in [0.717, 1.165) is 18.7 Å². The number of halogens is 1. The molecule has 0 spiro atoms. The van der Waals surface area contributed by atoms with Crippen LogP contribution in [0.1, 0.15) is 36.6 Å². The van der Waals surface area contributed by atoms with Gasteiger partial charge in [0.25, 0.3) is 11.7 Å². The summed E-state index contributed by atoms with van der Waals surface area (Å²) in [7, 11) is 1.47. The van der Waals surface area contributed by atoms with E-state index in [0.29, 0.717) is 30.0 Å². The number of likely N-dealkylation sites (tertiary alicyclic amines) is 1. The van der Waals surface area contributed by atoms with E-state index in [1.54, 1.807) is 12.1 Å².